The zero-order chi connectivity index (χ0) is 15.0. The van der Waals surface area contributed by atoms with Gasteiger partial charge >= 0.3 is 0 Å². The van der Waals surface area contributed by atoms with Gasteiger partial charge in [-0.05, 0) is 43.7 Å². The minimum Gasteiger partial charge on any atom is -0.496 e. The van der Waals surface area contributed by atoms with Gasteiger partial charge < -0.3 is 4.74 Å². The Morgan fingerprint density at radius 3 is 2.76 bits per heavy atom. The number of pyridine rings is 1. The van der Waals surface area contributed by atoms with Crippen LogP contribution in [0.15, 0.2) is 30.5 Å². The SMILES string of the molecule is COc1c(C)cnc(CC2Cc3ccccc3C2Cl)c1C. The topological polar surface area (TPSA) is 22.1 Å². The van der Waals surface area contributed by atoms with E-state index < -0.39 is 0 Å². The Kier molecular flexibility index (Phi) is 3.90. The first-order valence-corrected chi connectivity index (χ1v) is 7.76. The van der Waals surface area contributed by atoms with Crippen molar-refractivity contribution in [1.29, 1.82) is 0 Å². The number of fused-ring (bicyclic) bond motifs is 1. The Bertz CT molecular complexity index is 668. The summed E-state index contributed by atoms with van der Waals surface area (Å²) in [4.78, 5) is 4.61. The van der Waals surface area contributed by atoms with Crippen LogP contribution in [0.4, 0.5) is 0 Å². The van der Waals surface area contributed by atoms with Gasteiger partial charge in [-0.3, -0.25) is 4.98 Å². The summed E-state index contributed by atoms with van der Waals surface area (Å²) in [6, 6.07) is 8.47. The van der Waals surface area contributed by atoms with Crippen LogP contribution in [0, 0.1) is 19.8 Å². The molecule has 0 fully saturated rings. The van der Waals surface area contributed by atoms with Crippen molar-refractivity contribution in [3.05, 3.63) is 58.4 Å². The molecule has 110 valence electrons. The van der Waals surface area contributed by atoms with Crippen molar-refractivity contribution in [1.82, 2.24) is 4.98 Å². The average molecular weight is 302 g/mol. The van der Waals surface area contributed by atoms with E-state index in [0.29, 0.717) is 5.92 Å². The summed E-state index contributed by atoms with van der Waals surface area (Å²) >= 11 is 6.66. The summed E-state index contributed by atoms with van der Waals surface area (Å²) in [6.45, 7) is 4.11. The number of rotatable bonds is 3. The zero-order valence-corrected chi connectivity index (χ0v) is 13.4. The van der Waals surface area contributed by atoms with E-state index >= 15 is 0 Å². The molecule has 1 aromatic carbocycles. The molecule has 1 aromatic heterocycles. The van der Waals surface area contributed by atoms with Crippen molar-refractivity contribution in [3.63, 3.8) is 0 Å². The van der Waals surface area contributed by atoms with Gasteiger partial charge in [0.1, 0.15) is 5.75 Å². The van der Waals surface area contributed by atoms with Crippen molar-refractivity contribution < 1.29 is 4.74 Å². The first-order chi connectivity index (χ1) is 10.1. The van der Waals surface area contributed by atoms with Gasteiger partial charge in [-0.2, -0.15) is 0 Å². The fraction of sp³-hybridized carbons (Fsp3) is 0.389. The first kappa shape index (κ1) is 14.4. The van der Waals surface area contributed by atoms with Crippen LogP contribution in [-0.4, -0.2) is 12.1 Å². The fourth-order valence-corrected chi connectivity index (χ4v) is 3.72. The van der Waals surface area contributed by atoms with Crippen molar-refractivity contribution in [2.75, 3.05) is 7.11 Å². The summed E-state index contributed by atoms with van der Waals surface area (Å²) in [5.41, 5.74) is 5.97. The van der Waals surface area contributed by atoms with E-state index in [9.17, 15) is 0 Å². The Hall–Kier alpha value is -1.54. The van der Waals surface area contributed by atoms with E-state index in [0.717, 1.165) is 35.4 Å². The summed E-state index contributed by atoms with van der Waals surface area (Å²) in [7, 11) is 1.72. The number of hydrogen-bond donors (Lipinski definition) is 0. The van der Waals surface area contributed by atoms with Crippen LogP contribution < -0.4 is 4.74 Å². The van der Waals surface area contributed by atoms with Crippen LogP contribution in [0.2, 0.25) is 0 Å². The molecule has 0 amide bonds. The van der Waals surface area contributed by atoms with Crippen LogP contribution in [0.5, 0.6) is 5.75 Å². The Morgan fingerprint density at radius 2 is 2.05 bits per heavy atom. The lowest BCUT2D eigenvalue weighted by molar-refractivity contribution is 0.405. The number of hydrogen-bond acceptors (Lipinski definition) is 2. The van der Waals surface area contributed by atoms with E-state index in [-0.39, 0.29) is 5.38 Å². The molecule has 0 spiro atoms. The van der Waals surface area contributed by atoms with Gasteiger partial charge in [0.05, 0.1) is 12.5 Å². The van der Waals surface area contributed by atoms with Gasteiger partial charge in [0.25, 0.3) is 0 Å². The number of aryl methyl sites for hydroxylation is 1. The van der Waals surface area contributed by atoms with E-state index in [2.05, 4.69) is 36.2 Å². The van der Waals surface area contributed by atoms with Crippen LogP contribution in [0.3, 0.4) is 0 Å². The third-order valence-corrected chi connectivity index (χ3v) is 5.04. The molecule has 1 heterocycles. The van der Waals surface area contributed by atoms with Crippen LogP contribution in [-0.2, 0) is 12.8 Å². The second kappa shape index (κ2) is 5.69. The maximum absolute atomic E-state index is 6.66. The third kappa shape index (κ3) is 2.53. The van der Waals surface area contributed by atoms with E-state index in [1.807, 2.05) is 13.1 Å². The molecule has 1 aliphatic rings. The molecule has 1 aliphatic carbocycles. The predicted octanol–water partition coefficient (Wildman–Crippen LogP) is 4.40. The van der Waals surface area contributed by atoms with Crippen molar-refractivity contribution >= 4 is 11.6 Å². The lowest BCUT2D eigenvalue weighted by Gasteiger charge is -2.17. The lowest BCUT2D eigenvalue weighted by atomic mass is 9.96. The Morgan fingerprint density at radius 1 is 1.29 bits per heavy atom. The second-order valence-corrected chi connectivity index (χ2v) is 6.29. The molecular weight excluding hydrogens is 282 g/mol. The molecule has 2 aromatic rings. The molecule has 2 nitrogen and oxygen atoms in total. The normalized spacial score (nSPS) is 20.4. The molecule has 21 heavy (non-hydrogen) atoms. The van der Waals surface area contributed by atoms with Gasteiger partial charge in [0, 0.05) is 23.0 Å². The van der Waals surface area contributed by atoms with Gasteiger partial charge in [-0.25, -0.2) is 0 Å². The summed E-state index contributed by atoms with van der Waals surface area (Å²) in [5.74, 6) is 1.35. The minimum absolute atomic E-state index is 0.0784. The molecule has 0 aliphatic heterocycles. The molecule has 0 radical (unpaired) electrons. The highest BCUT2D eigenvalue weighted by Gasteiger charge is 2.31. The highest BCUT2D eigenvalue weighted by atomic mass is 35.5. The quantitative estimate of drug-likeness (QED) is 0.784. The first-order valence-electron chi connectivity index (χ1n) is 7.32. The van der Waals surface area contributed by atoms with Gasteiger partial charge in [-0.15, -0.1) is 11.6 Å². The van der Waals surface area contributed by atoms with Crippen LogP contribution in [0.1, 0.15) is 33.3 Å². The number of methoxy groups -OCH3 is 1. The maximum atomic E-state index is 6.66. The summed E-state index contributed by atoms with van der Waals surface area (Å²) in [6.07, 6.45) is 3.82. The van der Waals surface area contributed by atoms with Gasteiger partial charge in [0.2, 0.25) is 0 Å². The predicted molar refractivity (Wildman–Crippen MR) is 86.2 cm³/mol. The number of halogens is 1. The standard InChI is InChI=1S/C18H20ClNO/c1-11-10-20-16(12(2)18(11)21-3)9-14-8-13-6-4-5-7-15(13)17(14)19/h4-7,10,14,17H,8-9H2,1-3H3. The Labute approximate surface area is 131 Å². The summed E-state index contributed by atoms with van der Waals surface area (Å²) in [5, 5.41) is 0.0784. The van der Waals surface area contributed by atoms with Crippen molar-refractivity contribution in [2.45, 2.75) is 32.1 Å². The third-order valence-electron chi connectivity index (χ3n) is 4.45. The zero-order valence-electron chi connectivity index (χ0n) is 12.7. The Balaban J connectivity index is 1.86. The molecular formula is C18H20ClNO. The van der Waals surface area contributed by atoms with Crippen molar-refractivity contribution in [2.24, 2.45) is 5.92 Å². The summed E-state index contributed by atoms with van der Waals surface area (Å²) < 4.78 is 5.50. The van der Waals surface area contributed by atoms with Gasteiger partial charge in [0.15, 0.2) is 0 Å². The molecule has 0 bridgehead atoms. The molecule has 2 atom stereocenters. The molecule has 3 rings (SSSR count). The van der Waals surface area contributed by atoms with Gasteiger partial charge in [-0.1, -0.05) is 24.3 Å². The van der Waals surface area contributed by atoms with Crippen LogP contribution >= 0.6 is 11.6 Å². The van der Waals surface area contributed by atoms with E-state index in [1.165, 1.54) is 11.1 Å². The number of aromatic nitrogens is 1. The minimum atomic E-state index is 0.0784. The fourth-order valence-electron chi connectivity index (χ4n) is 3.33. The van der Waals surface area contributed by atoms with E-state index in [1.54, 1.807) is 7.11 Å². The number of benzene rings is 1. The maximum Gasteiger partial charge on any atom is 0.128 e. The number of alkyl halides is 1. The van der Waals surface area contributed by atoms with Crippen LogP contribution in [0.25, 0.3) is 0 Å². The second-order valence-electron chi connectivity index (χ2n) is 5.82. The average Bonchev–Trinajstić information content (AvgIpc) is 2.80. The molecule has 0 N–H and O–H groups in total. The lowest BCUT2D eigenvalue weighted by Crippen LogP contribution is -2.10. The van der Waals surface area contributed by atoms with Crippen molar-refractivity contribution in [3.8, 4) is 5.75 Å². The highest BCUT2D eigenvalue weighted by molar-refractivity contribution is 6.21. The molecule has 3 heteroatoms. The van der Waals surface area contributed by atoms with E-state index in [4.69, 9.17) is 16.3 Å². The molecule has 2 unspecified atom stereocenters. The smallest absolute Gasteiger partial charge is 0.128 e. The molecule has 0 saturated carbocycles. The highest BCUT2D eigenvalue weighted by Crippen LogP contribution is 2.42. The molecule has 0 saturated heterocycles. The monoisotopic (exact) mass is 301 g/mol. The number of nitrogens with zero attached hydrogens (tertiary/aromatic N) is 1. The largest absolute Gasteiger partial charge is 0.496 e. The number of ether oxygens (including phenoxy) is 1.